The molecule has 0 saturated carbocycles. The van der Waals surface area contributed by atoms with Crippen molar-refractivity contribution in [2.24, 2.45) is 0 Å². The van der Waals surface area contributed by atoms with Gasteiger partial charge >= 0.3 is 0 Å². The van der Waals surface area contributed by atoms with E-state index in [1.54, 1.807) is 0 Å². The quantitative estimate of drug-likeness (QED) is 0.690. The molecule has 2 aromatic carbocycles. The van der Waals surface area contributed by atoms with Crippen LogP contribution in [0.25, 0.3) is 11.1 Å². The van der Waals surface area contributed by atoms with Crippen LogP contribution in [0.15, 0.2) is 52.9 Å². The summed E-state index contributed by atoms with van der Waals surface area (Å²) >= 11 is 0. The van der Waals surface area contributed by atoms with Gasteiger partial charge in [-0.1, -0.05) is 30.3 Å². The van der Waals surface area contributed by atoms with Gasteiger partial charge < -0.3 is 9.32 Å². The maximum Gasteiger partial charge on any atom is 0.255 e. The third-order valence-electron chi connectivity index (χ3n) is 4.88. The van der Waals surface area contributed by atoms with Crippen LogP contribution in [0.5, 0.6) is 0 Å². The first-order valence-corrected chi connectivity index (χ1v) is 7.58. The van der Waals surface area contributed by atoms with E-state index in [-0.39, 0.29) is 5.91 Å². The molecule has 2 aliphatic heterocycles. The number of carbonyl (C=O) groups excluding carboxylic acids is 1. The highest BCUT2D eigenvalue weighted by Gasteiger charge is 2.56. The second-order valence-electron chi connectivity index (χ2n) is 5.95. The highest BCUT2D eigenvalue weighted by Crippen LogP contribution is 2.50. The lowest BCUT2D eigenvalue weighted by Gasteiger charge is -2.29. The van der Waals surface area contributed by atoms with E-state index in [4.69, 9.17) is 9.40 Å². The Morgan fingerprint density at radius 2 is 1.91 bits per heavy atom. The first-order valence-electron chi connectivity index (χ1n) is 7.58. The van der Waals surface area contributed by atoms with Crippen molar-refractivity contribution in [3.63, 3.8) is 0 Å². The normalized spacial score (nSPS) is 23.1. The van der Waals surface area contributed by atoms with Crippen molar-refractivity contribution in [3.8, 4) is 0 Å². The van der Waals surface area contributed by atoms with E-state index >= 15 is 0 Å². The first-order chi connectivity index (χ1) is 10.8. The fraction of sp³-hybridized carbons (Fsp3) is 0.222. The predicted octanol–water partition coefficient (Wildman–Crippen LogP) is 3.32. The molecule has 2 aliphatic rings. The van der Waals surface area contributed by atoms with Gasteiger partial charge in [0.1, 0.15) is 11.1 Å². The SMILES string of the molecule is O=C1c2ccccc2[C@@]2(c3nc4ccccc4o3)CCCN12. The molecule has 1 atom stereocenters. The van der Waals surface area contributed by atoms with Crippen molar-refractivity contribution >= 4 is 17.0 Å². The highest BCUT2D eigenvalue weighted by molar-refractivity contribution is 6.01. The lowest BCUT2D eigenvalue weighted by Crippen LogP contribution is -2.39. The van der Waals surface area contributed by atoms with Crippen molar-refractivity contribution in [1.82, 2.24) is 9.88 Å². The Labute approximate surface area is 127 Å². The van der Waals surface area contributed by atoms with Gasteiger partial charge in [-0.3, -0.25) is 4.79 Å². The van der Waals surface area contributed by atoms with Gasteiger partial charge in [-0.15, -0.1) is 0 Å². The number of hydrogen-bond acceptors (Lipinski definition) is 3. The lowest BCUT2D eigenvalue weighted by molar-refractivity contribution is 0.0679. The molecule has 5 rings (SSSR count). The van der Waals surface area contributed by atoms with E-state index in [1.807, 2.05) is 53.4 Å². The summed E-state index contributed by atoms with van der Waals surface area (Å²) in [6.07, 6.45) is 1.83. The Balaban J connectivity index is 1.82. The van der Waals surface area contributed by atoms with Crippen molar-refractivity contribution in [3.05, 3.63) is 65.5 Å². The molecule has 3 aromatic rings. The molecule has 1 aromatic heterocycles. The molecule has 4 nitrogen and oxygen atoms in total. The van der Waals surface area contributed by atoms with E-state index in [9.17, 15) is 4.79 Å². The number of nitrogens with zero attached hydrogens (tertiary/aromatic N) is 2. The zero-order valence-electron chi connectivity index (χ0n) is 12.0. The Morgan fingerprint density at radius 3 is 2.82 bits per heavy atom. The summed E-state index contributed by atoms with van der Waals surface area (Å²) < 4.78 is 6.06. The minimum atomic E-state index is -0.521. The average molecular weight is 290 g/mol. The van der Waals surface area contributed by atoms with Crippen LogP contribution < -0.4 is 0 Å². The fourth-order valence-electron chi connectivity index (χ4n) is 3.94. The Hall–Kier alpha value is -2.62. The monoisotopic (exact) mass is 290 g/mol. The number of benzene rings is 2. The van der Waals surface area contributed by atoms with Crippen LogP contribution in [0.3, 0.4) is 0 Å². The third-order valence-corrected chi connectivity index (χ3v) is 4.88. The summed E-state index contributed by atoms with van der Waals surface area (Å²) in [4.78, 5) is 19.4. The Kier molecular flexibility index (Phi) is 2.16. The predicted molar refractivity (Wildman–Crippen MR) is 81.5 cm³/mol. The van der Waals surface area contributed by atoms with Crippen LogP contribution in [-0.4, -0.2) is 22.3 Å². The van der Waals surface area contributed by atoms with E-state index in [1.165, 1.54) is 0 Å². The van der Waals surface area contributed by atoms with Gasteiger partial charge in [-0.2, -0.15) is 0 Å². The number of fused-ring (bicyclic) bond motifs is 4. The number of oxazole rings is 1. The topological polar surface area (TPSA) is 46.3 Å². The summed E-state index contributed by atoms with van der Waals surface area (Å²) in [5, 5.41) is 0. The minimum absolute atomic E-state index is 0.0929. The van der Waals surface area contributed by atoms with E-state index in [2.05, 4.69) is 0 Å². The van der Waals surface area contributed by atoms with Crippen LogP contribution in [0.2, 0.25) is 0 Å². The van der Waals surface area contributed by atoms with Gasteiger partial charge in [0.05, 0.1) is 0 Å². The van der Waals surface area contributed by atoms with Crippen LogP contribution in [0.1, 0.15) is 34.7 Å². The summed E-state index contributed by atoms with van der Waals surface area (Å²) in [7, 11) is 0. The molecular weight excluding hydrogens is 276 g/mol. The number of carbonyl (C=O) groups is 1. The summed E-state index contributed by atoms with van der Waals surface area (Å²) in [5.41, 5.74) is 2.91. The second-order valence-corrected chi connectivity index (χ2v) is 5.95. The van der Waals surface area contributed by atoms with Crippen LogP contribution in [0.4, 0.5) is 0 Å². The maximum absolute atomic E-state index is 12.7. The van der Waals surface area contributed by atoms with Crippen molar-refractivity contribution in [2.45, 2.75) is 18.4 Å². The molecule has 108 valence electrons. The summed E-state index contributed by atoms with van der Waals surface area (Å²) in [5.74, 6) is 0.736. The molecular formula is C18H14N2O2. The molecule has 1 fully saturated rings. The standard InChI is InChI=1S/C18H14N2O2/c21-16-12-6-1-2-7-13(12)18(10-5-11-20(16)18)17-19-14-8-3-4-9-15(14)22-17/h1-4,6-9H,5,10-11H2/t18-/m1/s1. The number of hydrogen-bond donors (Lipinski definition) is 0. The average Bonchev–Trinajstić information content (AvgIpc) is 3.22. The molecule has 0 aliphatic carbocycles. The molecule has 1 saturated heterocycles. The van der Waals surface area contributed by atoms with E-state index in [0.717, 1.165) is 41.6 Å². The van der Waals surface area contributed by atoms with Crippen molar-refractivity contribution in [1.29, 1.82) is 0 Å². The smallest absolute Gasteiger partial charge is 0.255 e. The minimum Gasteiger partial charge on any atom is -0.438 e. The molecule has 1 amide bonds. The number of amides is 1. The molecule has 0 radical (unpaired) electrons. The van der Waals surface area contributed by atoms with Crippen LogP contribution >= 0.6 is 0 Å². The molecule has 4 heteroatoms. The lowest BCUT2D eigenvalue weighted by atomic mass is 9.88. The highest BCUT2D eigenvalue weighted by atomic mass is 16.4. The van der Waals surface area contributed by atoms with Crippen molar-refractivity contribution < 1.29 is 9.21 Å². The first kappa shape index (κ1) is 12.0. The number of para-hydroxylation sites is 2. The third kappa shape index (κ3) is 1.28. The summed E-state index contributed by atoms with van der Waals surface area (Å²) in [6.45, 7) is 0.756. The van der Waals surface area contributed by atoms with Crippen LogP contribution in [-0.2, 0) is 5.54 Å². The van der Waals surface area contributed by atoms with Gasteiger partial charge in [-0.25, -0.2) is 4.98 Å². The molecule has 0 spiro atoms. The zero-order chi connectivity index (χ0) is 14.7. The number of aromatic nitrogens is 1. The van der Waals surface area contributed by atoms with Gasteiger partial charge in [0.15, 0.2) is 5.58 Å². The molecule has 0 unspecified atom stereocenters. The van der Waals surface area contributed by atoms with E-state index < -0.39 is 5.54 Å². The van der Waals surface area contributed by atoms with Crippen molar-refractivity contribution in [2.75, 3.05) is 6.54 Å². The maximum atomic E-state index is 12.7. The second kappa shape index (κ2) is 3.97. The molecule has 0 N–H and O–H groups in total. The molecule has 3 heterocycles. The zero-order valence-corrected chi connectivity index (χ0v) is 12.0. The van der Waals surface area contributed by atoms with Gasteiger partial charge in [0.2, 0.25) is 5.89 Å². The summed E-state index contributed by atoms with van der Waals surface area (Å²) in [6, 6.07) is 15.6. The van der Waals surface area contributed by atoms with E-state index in [0.29, 0.717) is 5.89 Å². The van der Waals surface area contributed by atoms with Gasteiger partial charge in [0.25, 0.3) is 5.91 Å². The largest absolute Gasteiger partial charge is 0.438 e. The fourth-order valence-corrected chi connectivity index (χ4v) is 3.94. The Morgan fingerprint density at radius 1 is 1.09 bits per heavy atom. The number of rotatable bonds is 1. The Bertz CT molecular complexity index is 881. The van der Waals surface area contributed by atoms with Gasteiger partial charge in [-0.05, 0) is 36.6 Å². The van der Waals surface area contributed by atoms with Crippen LogP contribution in [0, 0.1) is 0 Å². The van der Waals surface area contributed by atoms with Gasteiger partial charge in [0, 0.05) is 12.1 Å². The molecule has 0 bridgehead atoms. The molecule has 22 heavy (non-hydrogen) atoms.